The Kier molecular flexibility index (Phi) is 4.19. The van der Waals surface area contributed by atoms with Gasteiger partial charge in [0.05, 0.1) is 0 Å². The summed E-state index contributed by atoms with van der Waals surface area (Å²) in [6.45, 7) is 1.32. The molecule has 4 nitrogen and oxygen atoms in total. The number of carbonyl (C=O) groups excluding carboxylic acids is 2. The molecular formula is C18H17NO3. The molecule has 0 saturated heterocycles. The minimum absolute atomic E-state index is 0.272. The smallest absolute Gasteiger partial charge is 0.410 e. The highest BCUT2D eigenvalue weighted by molar-refractivity contribution is 5.69. The zero-order valence-electron chi connectivity index (χ0n) is 12.2. The second kappa shape index (κ2) is 6.43. The predicted octanol–water partition coefficient (Wildman–Crippen LogP) is 3.08. The van der Waals surface area contributed by atoms with E-state index in [4.69, 9.17) is 4.74 Å². The van der Waals surface area contributed by atoms with E-state index in [-0.39, 0.29) is 12.7 Å². The van der Waals surface area contributed by atoms with Crippen molar-refractivity contribution < 1.29 is 14.3 Å². The van der Waals surface area contributed by atoms with Gasteiger partial charge >= 0.3 is 6.09 Å². The fourth-order valence-corrected chi connectivity index (χ4v) is 2.71. The number of benzene rings is 2. The molecule has 0 unspecified atom stereocenters. The maximum atomic E-state index is 12.2. The molecule has 0 aliphatic carbocycles. The van der Waals surface area contributed by atoms with Crippen molar-refractivity contribution >= 4 is 12.4 Å². The largest absolute Gasteiger partial charge is 0.445 e. The number of aldehydes is 1. The fraction of sp³-hybridized carbons (Fsp3) is 0.222. The molecule has 0 spiro atoms. The lowest BCUT2D eigenvalue weighted by Gasteiger charge is -2.15. The Morgan fingerprint density at radius 2 is 1.91 bits per heavy atom. The summed E-state index contributed by atoms with van der Waals surface area (Å²) in [5, 5.41) is 0. The van der Waals surface area contributed by atoms with Gasteiger partial charge < -0.3 is 9.53 Å². The van der Waals surface area contributed by atoms with E-state index >= 15 is 0 Å². The van der Waals surface area contributed by atoms with Gasteiger partial charge in [-0.2, -0.15) is 0 Å². The summed E-state index contributed by atoms with van der Waals surface area (Å²) < 4.78 is 5.36. The lowest BCUT2D eigenvalue weighted by atomic mass is 10.0. The van der Waals surface area contributed by atoms with Gasteiger partial charge in [-0.3, -0.25) is 4.90 Å². The molecule has 1 aliphatic heterocycles. The standard InChI is InChI=1S/C18H17NO3/c20-10-9-15-7-4-8-16-11-19(12-17(15)16)18(21)22-13-14-5-2-1-3-6-14/h1-8,10H,9,11-13H2. The van der Waals surface area contributed by atoms with Crippen LogP contribution < -0.4 is 0 Å². The molecule has 0 atom stereocenters. The Morgan fingerprint density at radius 1 is 1.09 bits per heavy atom. The number of hydrogen-bond acceptors (Lipinski definition) is 3. The third-order valence-corrected chi connectivity index (χ3v) is 3.85. The van der Waals surface area contributed by atoms with Gasteiger partial charge in [0, 0.05) is 19.5 Å². The van der Waals surface area contributed by atoms with Crippen molar-refractivity contribution in [2.24, 2.45) is 0 Å². The van der Waals surface area contributed by atoms with Crippen LogP contribution in [0, 0.1) is 0 Å². The number of carbonyl (C=O) groups is 2. The van der Waals surface area contributed by atoms with Crippen LogP contribution in [-0.4, -0.2) is 17.3 Å². The Bertz CT molecular complexity index is 682. The Morgan fingerprint density at radius 3 is 2.68 bits per heavy atom. The third-order valence-electron chi connectivity index (χ3n) is 3.85. The lowest BCUT2D eigenvalue weighted by molar-refractivity contribution is -0.107. The summed E-state index contributed by atoms with van der Waals surface area (Å²) in [5.41, 5.74) is 4.13. The summed E-state index contributed by atoms with van der Waals surface area (Å²) >= 11 is 0. The summed E-state index contributed by atoms with van der Waals surface area (Å²) in [7, 11) is 0. The van der Waals surface area contributed by atoms with Crippen LogP contribution in [0.3, 0.4) is 0 Å². The number of hydrogen-bond donors (Lipinski definition) is 0. The van der Waals surface area contributed by atoms with Gasteiger partial charge in [0.25, 0.3) is 0 Å². The van der Waals surface area contributed by atoms with Gasteiger partial charge in [0.2, 0.25) is 0 Å². The molecule has 0 bridgehead atoms. The first-order chi connectivity index (χ1) is 10.8. The first kappa shape index (κ1) is 14.3. The van der Waals surface area contributed by atoms with Crippen LogP contribution in [0.1, 0.15) is 22.3 Å². The van der Waals surface area contributed by atoms with E-state index in [1.165, 1.54) is 0 Å². The zero-order chi connectivity index (χ0) is 15.4. The molecule has 1 heterocycles. The van der Waals surface area contributed by atoms with Gasteiger partial charge in [-0.05, 0) is 22.3 Å². The van der Waals surface area contributed by atoms with Crippen LogP contribution in [0.4, 0.5) is 4.79 Å². The number of ether oxygens (including phenoxy) is 1. The zero-order valence-corrected chi connectivity index (χ0v) is 12.2. The fourth-order valence-electron chi connectivity index (χ4n) is 2.71. The van der Waals surface area contributed by atoms with E-state index in [1.54, 1.807) is 4.90 Å². The molecule has 0 fully saturated rings. The molecule has 22 heavy (non-hydrogen) atoms. The van der Waals surface area contributed by atoms with Crippen LogP contribution >= 0.6 is 0 Å². The van der Waals surface area contributed by atoms with Crippen molar-refractivity contribution in [3.63, 3.8) is 0 Å². The number of rotatable bonds is 4. The second-order valence-electron chi connectivity index (χ2n) is 5.32. The molecule has 2 aromatic carbocycles. The van der Waals surface area contributed by atoms with Crippen LogP contribution in [0.25, 0.3) is 0 Å². The van der Waals surface area contributed by atoms with Crippen LogP contribution in [0.2, 0.25) is 0 Å². The Hall–Kier alpha value is -2.62. The number of nitrogens with zero attached hydrogens (tertiary/aromatic N) is 1. The van der Waals surface area contributed by atoms with Crippen molar-refractivity contribution in [3.8, 4) is 0 Å². The highest BCUT2D eigenvalue weighted by Crippen LogP contribution is 2.26. The molecular weight excluding hydrogens is 278 g/mol. The molecule has 112 valence electrons. The number of fused-ring (bicyclic) bond motifs is 1. The van der Waals surface area contributed by atoms with Crippen molar-refractivity contribution in [2.45, 2.75) is 26.1 Å². The number of amides is 1. The second-order valence-corrected chi connectivity index (χ2v) is 5.32. The van der Waals surface area contributed by atoms with Crippen LogP contribution in [-0.2, 0) is 35.6 Å². The van der Waals surface area contributed by atoms with E-state index in [2.05, 4.69) is 0 Å². The summed E-state index contributed by atoms with van der Waals surface area (Å²) in [4.78, 5) is 24.6. The SMILES string of the molecule is O=CCc1cccc2c1CN(C(=O)OCc1ccccc1)C2. The van der Waals surface area contributed by atoms with Gasteiger partial charge in [-0.15, -0.1) is 0 Å². The molecule has 0 radical (unpaired) electrons. The minimum Gasteiger partial charge on any atom is -0.445 e. The average molecular weight is 295 g/mol. The minimum atomic E-state index is -0.322. The normalized spacial score (nSPS) is 12.8. The summed E-state index contributed by atoms with van der Waals surface area (Å²) in [6, 6.07) is 15.5. The molecule has 3 rings (SSSR count). The predicted molar refractivity (Wildman–Crippen MR) is 82.1 cm³/mol. The van der Waals surface area contributed by atoms with Gasteiger partial charge in [0.15, 0.2) is 0 Å². The van der Waals surface area contributed by atoms with Gasteiger partial charge in [0.1, 0.15) is 12.9 Å². The lowest BCUT2D eigenvalue weighted by Crippen LogP contribution is -2.26. The van der Waals surface area contributed by atoms with E-state index < -0.39 is 0 Å². The molecule has 1 aliphatic rings. The van der Waals surface area contributed by atoms with E-state index in [1.807, 2.05) is 48.5 Å². The molecule has 0 N–H and O–H groups in total. The summed E-state index contributed by atoms with van der Waals surface area (Å²) in [5.74, 6) is 0. The third kappa shape index (κ3) is 3.01. The maximum absolute atomic E-state index is 12.2. The maximum Gasteiger partial charge on any atom is 0.410 e. The Labute approximate surface area is 129 Å². The van der Waals surface area contributed by atoms with Crippen molar-refractivity contribution in [2.75, 3.05) is 0 Å². The van der Waals surface area contributed by atoms with Crippen molar-refractivity contribution in [3.05, 3.63) is 70.8 Å². The van der Waals surface area contributed by atoms with Crippen LogP contribution in [0.5, 0.6) is 0 Å². The Balaban J connectivity index is 1.64. The molecule has 0 saturated carbocycles. The van der Waals surface area contributed by atoms with Crippen molar-refractivity contribution in [1.82, 2.24) is 4.90 Å². The van der Waals surface area contributed by atoms with Gasteiger partial charge in [-0.25, -0.2) is 4.79 Å². The molecule has 2 aromatic rings. The first-order valence-electron chi connectivity index (χ1n) is 7.27. The highest BCUT2D eigenvalue weighted by atomic mass is 16.6. The first-order valence-corrected chi connectivity index (χ1v) is 7.27. The topological polar surface area (TPSA) is 46.6 Å². The molecule has 0 aromatic heterocycles. The quantitative estimate of drug-likeness (QED) is 0.814. The monoisotopic (exact) mass is 295 g/mol. The van der Waals surface area contributed by atoms with Crippen LogP contribution in [0.15, 0.2) is 48.5 Å². The summed E-state index contributed by atoms with van der Waals surface area (Å²) in [6.07, 6.45) is 0.958. The van der Waals surface area contributed by atoms with Crippen molar-refractivity contribution in [1.29, 1.82) is 0 Å². The van der Waals surface area contributed by atoms with E-state index in [0.29, 0.717) is 19.5 Å². The molecule has 4 heteroatoms. The van der Waals surface area contributed by atoms with Gasteiger partial charge in [-0.1, -0.05) is 48.5 Å². The average Bonchev–Trinajstić information content (AvgIpc) is 2.99. The highest BCUT2D eigenvalue weighted by Gasteiger charge is 2.26. The molecule has 1 amide bonds. The van der Waals surface area contributed by atoms with E-state index in [9.17, 15) is 9.59 Å². The van der Waals surface area contributed by atoms with E-state index in [0.717, 1.165) is 28.5 Å².